The standard InChI is InChI=1S/C10H17N5O4/c1-10(2,3)19-9(18)11-6(8(16)17)5-7-12-14-15(4)13-7/h6H,5H2,1-4H3,(H,11,18)(H,16,17)/t6-/m0/s1. The number of amides is 1. The number of tetrazole rings is 1. The highest BCUT2D eigenvalue weighted by Gasteiger charge is 2.25. The predicted octanol–water partition coefficient (Wildman–Crippen LogP) is -0.269. The SMILES string of the molecule is Cn1nnc(C[C@H](NC(=O)OC(C)(C)C)C(=O)O)n1. The Bertz CT molecular complexity index is 465. The van der Waals surface area contributed by atoms with Crippen molar-refractivity contribution in [3.8, 4) is 0 Å². The van der Waals surface area contributed by atoms with E-state index in [1.54, 1.807) is 27.8 Å². The van der Waals surface area contributed by atoms with E-state index in [2.05, 4.69) is 20.7 Å². The van der Waals surface area contributed by atoms with Crippen LogP contribution in [0.3, 0.4) is 0 Å². The predicted molar refractivity (Wildman–Crippen MR) is 63.3 cm³/mol. The molecule has 0 saturated heterocycles. The van der Waals surface area contributed by atoms with Crippen LogP contribution in [0.2, 0.25) is 0 Å². The van der Waals surface area contributed by atoms with Gasteiger partial charge >= 0.3 is 12.1 Å². The maximum atomic E-state index is 11.5. The van der Waals surface area contributed by atoms with Crippen LogP contribution in [-0.4, -0.2) is 49.0 Å². The second-order valence-electron chi connectivity index (χ2n) is 4.94. The van der Waals surface area contributed by atoms with Crippen molar-refractivity contribution >= 4 is 12.1 Å². The van der Waals surface area contributed by atoms with Crippen molar-refractivity contribution in [2.24, 2.45) is 7.05 Å². The van der Waals surface area contributed by atoms with Crippen molar-refractivity contribution in [2.75, 3.05) is 0 Å². The van der Waals surface area contributed by atoms with Gasteiger partial charge in [0, 0.05) is 6.42 Å². The van der Waals surface area contributed by atoms with E-state index in [1.807, 2.05) is 0 Å². The highest BCUT2D eigenvalue weighted by molar-refractivity contribution is 5.80. The van der Waals surface area contributed by atoms with E-state index in [-0.39, 0.29) is 12.2 Å². The van der Waals surface area contributed by atoms with E-state index in [9.17, 15) is 9.59 Å². The minimum absolute atomic E-state index is 0.0670. The van der Waals surface area contributed by atoms with Crippen molar-refractivity contribution in [1.29, 1.82) is 0 Å². The molecule has 0 fully saturated rings. The summed E-state index contributed by atoms with van der Waals surface area (Å²) in [5, 5.41) is 22.4. The average Bonchev–Trinajstić information content (AvgIpc) is 2.60. The molecule has 1 rings (SSSR count). The summed E-state index contributed by atoms with van der Waals surface area (Å²) in [6.07, 6.45) is -0.869. The molecular formula is C10H17N5O4. The molecule has 1 atom stereocenters. The van der Waals surface area contributed by atoms with E-state index in [0.717, 1.165) is 0 Å². The van der Waals surface area contributed by atoms with Gasteiger partial charge < -0.3 is 15.2 Å². The number of aromatic nitrogens is 4. The zero-order valence-electron chi connectivity index (χ0n) is 11.2. The van der Waals surface area contributed by atoms with Crippen molar-refractivity contribution in [3.05, 3.63) is 5.82 Å². The molecule has 106 valence electrons. The van der Waals surface area contributed by atoms with Crippen molar-refractivity contribution in [3.63, 3.8) is 0 Å². The summed E-state index contributed by atoms with van der Waals surface area (Å²) in [6.45, 7) is 5.06. The zero-order chi connectivity index (χ0) is 14.6. The molecule has 0 aliphatic rings. The number of alkyl carbamates (subject to hydrolysis) is 1. The van der Waals surface area contributed by atoms with Gasteiger partial charge in [0.15, 0.2) is 5.82 Å². The molecule has 1 amide bonds. The molecule has 0 bridgehead atoms. The number of carboxylic acid groups (broad SMARTS) is 1. The monoisotopic (exact) mass is 271 g/mol. The number of hydrogen-bond acceptors (Lipinski definition) is 6. The van der Waals surface area contributed by atoms with Crippen LogP contribution < -0.4 is 5.32 Å². The minimum Gasteiger partial charge on any atom is -0.480 e. The van der Waals surface area contributed by atoms with Gasteiger partial charge in [-0.25, -0.2) is 9.59 Å². The molecule has 0 aliphatic heterocycles. The molecule has 1 heterocycles. The van der Waals surface area contributed by atoms with Crippen LogP contribution in [0.5, 0.6) is 0 Å². The molecule has 0 radical (unpaired) electrons. The molecule has 1 aromatic rings. The molecule has 0 unspecified atom stereocenters. The normalized spacial score (nSPS) is 12.8. The van der Waals surface area contributed by atoms with Gasteiger partial charge in [0.2, 0.25) is 0 Å². The van der Waals surface area contributed by atoms with Gasteiger partial charge in [0.05, 0.1) is 7.05 Å². The van der Waals surface area contributed by atoms with Crippen LogP contribution in [-0.2, 0) is 23.0 Å². The molecule has 9 nitrogen and oxygen atoms in total. The molecule has 0 spiro atoms. The Hall–Kier alpha value is -2.19. The third kappa shape index (κ3) is 5.32. The highest BCUT2D eigenvalue weighted by atomic mass is 16.6. The second-order valence-corrected chi connectivity index (χ2v) is 4.94. The van der Waals surface area contributed by atoms with Crippen molar-refractivity contribution in [1.82, 2.24) is 25.5 Å². The number of hydrogen-bond donors (Lipinski definition) is 2. The summed E-state index contributed by atoms with van der Waals surface area (Å²) in [5.74, 6) is -0.968. The van der Waals surface area contributed by atoms with Crippen LogP contribution in [0.4, 0.5) is 4.79 Å². The molecule has 1 aromatic heterocycles. The number of aliphatic carboxylic acids is 1. The Morgan fingerprint density at radius 1 is 1.47 bits per heavy atom. The van der Waals surface area contributed by atoms with E-state index in [0.29, 0.717) is 0 Å². The third-order valence-corrected chi connectivity index (χ3v) is 1.93. The first kappa shape index (κ1) is 14.9. The van der Waals surface area contributed by atoms with Crippen LogP contribution in [0.15, 0.2) is 0 Å². The summed E-state index contributed by atoms with van der Waals surface area (Å²) in [6, 6.07) is -1.17. The summed E-state index contributed by atoms with van der Waals surface area (Å²) in [7, 11) is 1.56. The Morgan fingerprint density at radius 3 is 2.53 bits per heavy atom. The average molecular weight is 271 g/mol. The van der Waals surface area contributed by atoms with Gasteiger partial charge in [-0.05, 0) is 26.0 Å². The number of ether oxygens (including phenoxy) is 1. The largest absolute Gasteiger partial charge is 0.480 e. The van der Waals surface area contributed by atoms with E-state index in [4.69, 9.17) is 9.84 Å². The van der Waals surface area contributed by atoms with Gasteiger partial charge in [-0.15, -0.1) is 10.2 Å². The van der Waals surface area contributed by atoms with E-state index in [1.165, 1.54) is 4.80 Å². The molecular weight excluding hydrogens is 254 g/mol. The number of carbonyl (C=O) groups excluding carboxylic acids is 1. The lowest BCUT2D eigenvalue weighted by Gasteiger charge is -2.21. The lowest BCUT2D eigenvalue weighted by Crippen LogP contribution is -2.44. The first-order valence-corrected chi connectivity index (χ1v) is 5.62. The molecule has 0 saturated carbocycles. The summed E-state index contributed by atoms with van der Waals surface area (Å²) in [4.78, 5) is 23.8. The second kappa shape index (κ2) is 5.63. The maximum Gasteiger partial charge on any atom is 0.408 e. The van der Waals surface area contributed by atoms with Gasteiger partial charge in [0.1, 0.15) is 11.6 Å². The number of nitrogens with one attached hydrogen (secondary N) is 1. The third-order valence-electron chi connectivity index (χ3n) is 1.93. The van der Waals surface area contributed by atoms with Crippen LogP contribution in [0.1, 0.15) is 26.6 Å². The lowest BCUT2D eigenvalue weighted by atomic mass is 10.2. The molecule has 19 heavy (non-hydrogen) atoms. The number of nitrogens with zero attached hydrogens (tertiary/aromatic N) is 4. The fourth-order valence-electron chi connectivity index (χ4n) is 1.24. The number of rotatable bonds is 4. The molecule has 2 N–H and O–H groups in total. The topological polar surface area (TPSA) is 119 Å². The molecule has 0 aliphatic carbocycles. The van der Waals surface area contributed by atoms with Crippen LogP contribution >= 0.6 is 0 Å². The highest BCUT2D eigenvalue weighted by Crippen LogP contribution is 2.07. The van der Waals surface area contributed by atoms with E-state index < -0.39 is 23.7 Å². The van der Waals surface area contributed by atoms with Crippen molar-refractivity contribution in [2.45, 2.75) is 38.8 Å². The Morgan fingerprint density at radius 2 is 2.11 bits per heavy atom. The first-order chi connectivity index (χ1) is 8.67. The summed E-state index contributed by atoms with van der Waals surface area (Å²) >= 11 is 0. The number of carboxylic acids is 1. The lowest BCUT2D eigenvalue weighted by molar-refractivity contribution is -0.139. The molecule has 0 aromatic carbocycles. The van der Waals surface area contributed by atoms with Gasteiger partial charge in [-0.3, -0.25) is 0 Å². The Balaban J connectivity index is 2.63. The Labute approximate surface area is 109 Å². The van der Waals surface area contributed by atoms with Crippen molar-refractivity contribution < 1.29 is 19.4 Å². The minimum atomic E-state index is -1.20. The summed E-state index contributed by atoms with van der Waals surface area (Å²) in [5.41, 5.74) is -0.696. The quantitative estimate of drug-likeness (QED) is 0.773. The fraction of sp³-hybridized carbons (Fsp3) is 0.700. The number of aryl methyl sites for hydroxylation is 1. The van der Waals surface area contributed by atoms with Gasteiger partial charge in [-0.2, -0.15) is 4.80 Å². The van der Waals surface area contributed by atoms with Gasteiger partial charge in [0.25, 0.3) is 0 Å². The molecule has 9 heteroatoms. The zero-order valence-corrected chi connectivity index (χ0v) is 11.2. The number of carbonyl (C=O) groups is 2. The smallest absolute Gasteiger partial charge is 0.408 e. The van der Waals surface area contributed by atoms with E-state index >= 15 is 0 Å². The first-order valence-electron chi connectivity index (χ1n) is 5.62. The maximum absolute atomic E-state index is 11.5. The van der Waals surface area contributed by atoms with Gasteiger partial charge in [-0.1, -0.05) is 0 Å². The Kier molecular flexibility index (Phi) is 4.41. The fourth-order valence-corrected chi connectivity index (χ4v) is 1.24. The van der Waals surface area contributed by atoms with Crippen LogP contribution in [0, 0.1) is 0 Å². The summed E-state index contributed by atoms with van der Waals surface area (Å²) < 4.78 is 4.99. The van der Waals surface area contributed by atoms with Crippen LogP contribution in [0.25, 0.3) is 0 Å².